The number of aromatic carboxylic acids is 1. The fraction of sp³-hybridized carbons (Fsp3) is 0.750. The van der Waals surface area contributed by atoms with E-state index in [1.165, 1.54) is 96.3 Å². The maximum atomic E-state index is 12.6. The molecule has 0 saturated heterocycles. The summed E-state index contributed by atoms with van der Waals surface area (Å²) in [6, 6.07) is 0.722. The van der Waals surface area contributed by atoms with Gasteiger partial charge in [0.2, 0.25) is 0 Å². The number of halogens is 3. The van der Waals surface area contributed by atoms with Gasteiger partial charge in [0.15, 0.2) is 11.0 Å². The lowest BCUT2D eigenvalue weighted by Gasteiger charge is -1.98. The normalized spacial score (nSPS) is 10.0. The molecule has 0 unspecified atom stereocenters. The standard InChI is InChI=1S/3C10H20O2.C6H2Cl2FNO2/c3*1-2-3-4-5-6-7-8-9-10(11)12;7-4-2(6(11)12)1-3(9)5(8)10-4/h3*2-9H2,1H3,(H,11,12);1H,(H,11,12). The Kier molecular flexibility index (Phi) is 38.9. The third kappa shape index (κ3) is 39.7. The highest BCUT2D eigenvalue weighted by atomic mass is 35.5. The molecule has 1 heterocycles. The Balaban J connectivity index is -0.000000562. The minimum absolute atomic E-state index is 0.325. The average molecular weight is 727 g/mol. The largest absolute Gasteiger partial charge is 0.481 e. The van der Waals surface area contributed by atoms with E-state index in [-0.39, 0.29) is 5.15 Å². The average Bonchev–Trinajstić information content (AvgIpc) is 3.02. The molecule has 9 nitrogen and oxygen atoms in total. The van der Waals surface area contributed by atoms with Gasteiger partial charge in [-0.25, -0.2) is 14.2 Å². The number of hydrogen-bond acceptors (Lipinski definition) is 5. The molecule has 0 atom stereocenters. The quantitative estimate of drug-likeness (QED) is 0.0567. The molecule has 0 radical (unpaired) electrons. The number of unbranched alkanes of at least 4 members (excludes halogenated alkanes) is 18. The smallest absolute Gasteiger partial charge is 0.338 e. The summed E-state index contributed by atoms with van der Waals surface area (Å²) in [5.41, 5.74) is -0.404. The fourth-order valence-electron chi connectivity index (χ4n) is 4.30. The molecule has 48 heavy (non-hydrogen) atoms. The second-order valence-corrected chi connectivity index (χ2v) is 12.4. The number of hydrogen-bond donors (Lipinski definition) is 4. The van der Waals surface area contributed by atoms with E-state index in [0.717, 1.165) is 44.6 Å². The number of carboxylic acid groups (broad SMARTS) is 4. The van der Waals surface area contributed by atoms with Crippen molar-refractivity contribution in [3.8, 4) is 0 Å². The third-order valence-corrected chi connectivity index (χ3v) is 7.65. The van der Waals surface area contributed by atoms with Gasteiger partial charge in [0.1, 0.15) is 5.15 Å². The molecule has 12 heteroatoms. The van der Waals surface area contributed by atoms with Crippen LogP contribution in [0.3, 0.4) is 0 Å². The molecule has 0 aliphatic carbocycles. The molecule has 0 aliphatic rings. The Bertz CT molecular complexity index is 900. The number of rotatable bonds is 25. The van der Waals surface area contributed by atoms with Crippen LogP contribution in [0.5, 0.6) is 0 Å². The molecular weight excluding hydrogens is 664 g/mol. The number of pyridine rings is 1. The summed E-state index contributed by atoms with van der Waals surface area (Å²) in [5, 5.41) is 32.7. The van der Waals surface area contributed by atoms with Crippen molar-refractivity contribution in [3.05, 3.63) is 27.8 Å². The second kappa shape index (κ2) is 37.4. The van der Waals surface area contributed by atoms with E-state index in [9.17, 15) is 23.6 Å². The zero-order chi connectivity index (χ0) is 37.0. The molecule has 0 bridgehead atoms. The monoisotopic (exact) mass is 725 g/mol. The van der Waals surface area contributed by atoms with Gasteiger partial charge < -0.3 is 20.4 Å². The third-order valence-electron chi connectivity index (χ3n) is 7.10. The second-order valence-electron chi connectivity index (χ2n) is 11.7. The minimum Gasteiger partial charge on any atom is -0.481 e. The van der Waals surface area contributed by atoms with Crippen molar-refractivity contribution >= 4 is 47.1 Å². The van der Waals surface area contributed by atoms with E-state index in [1.54, 1.807) is 0 Å². The minimum atomic E-state index is -1.34. The van der Waals surface area contributed by atoms with Crippen LogP contribution in [0, 0.1) is 5.82 Å². The van der Waals surface area contributed by atoms with Crippen molar-refractivity contribution in [1.82, 2.24) is 4.98 Å². The van der Waals surface area contributed by atoms with E-state index in [2.05, 4.69) is 25.8 Å². The lowest BCUT2D eigenvalue weighted by molar-refractivity contribution is -0.138. The Hall–Kier alpha value is -2.46. The zero-order valence-electron chi connectivity index (χ0n) is 29.6. The lowest BCUT2D eigenvalue weighted by atomic mass is 10.1. The van der Waals surface area contributed by atoms with Crippen LogP contribution >= 0.6 is 23.2 Å². The van der Waals surface area contributed by atoms with Gasteiger partial charge >= 0.3 is 23.9 Å². The van der Waals surface area contributed by atoms with Crippen LogP contribution in [0.2, 0.25) is 10.3 Å². The maximum Gasteiger partial charge on any atom is 0.338 e. The molecule has 0 spiro atoms. The fourth-order valence-corrected chi connectivity index (χ4v) is 4.70. The molecule has 1 aromatic rings. The van der Waals surface area contributed by atoms with Gasteiger partial charge in [-0.15, -0.1) is 0 Å². The molecule has 0 amide bonds. The SMILES string of the molecule is CCCCCCCCCC(=O)O.CCCCCCCCCC(=O)O.CCCCCCCCCC(=O)O.O=C(O)c1cc(F)c(Cl)nc1Cl. The van der Waals surface area contributed by atoms with Crippen LogP contribution in [0.1, 0.15) is 185 Å². The van der Waals surface area contributed by atoms with Crippen molar-refractivity contribution in [1.29, 1.82) is 0 Å². The Morgan fingerprint density at radius 1 is 0.521 bits per heavy atom. The summed E-state index contributed by atoms with van der Waals surface area (Å²) in [6.45, 7) is 6.60. The summed E-state index contributed by atoms with van der Waals surface area (Å²) in [7, 11) is 0. The number of nitrogens with zero attached hydrogens (tertiary/aromatic N) is 1. The van der Waals surface area contributed by atoms with Gasteiger partial charge in [-0.1, -0.05) is 160 Å². The lowest BCUT2D eigenvalue weighted by Crippen LogP contribution is -2.00. The van der Waals surface area contributed by atoms with Crippen LogP contribution in [0.15, 0.2) is 6.07 Å². The van der Waals surface area contributed by atoms with Gasteiger partial charge in [-0.05, 0) is 25.3 Å². The maximum absolute atomic E-state index is 12.6. The van der Waals surface area contributed by atoms with Gasteiger partial charge in [-0.3, -0.25) is 14.4 Å². The van der Waals surface area contributed by atoms with Crippen molar-refractivity contribution in [2.24, 2.45) is 0 Å². The molecule has 280 valence electrons. The van der Waals surface area contributed by atoms with E-state index < -0.39 is 40.4 Å². The molecule has 0 saturated carbocycles. The van der Waals surface area contributed by atoms with E-state index in [0.29, 0.717) is 19.3 Å². The molecule has 1 rings (SSSR count). The molecule has 4 N–H and O–H groups in total. The first-order chi connectivity index (χ1) is 22.8. The van der Waals surface area contributed by atoms with E-state index in [4.69, 9.17) is 43.6 Å². The Morgan fingerprint density at radius 3 is 1.04 bits per heavy atom. The predicted molar refractivity (Wildman–Crippen MR) is 192 cm³/mol. The van der Waals surface area contributed by atoms with Crippen LogP contribution in [-0.4, -0.2) is 49.3 Å². The number of carboxylic acids is 4. The van der Waals surface area contributed by atoms with Crippen molar-refractivity contribution in [3.63, 3.8) is 0 Å². The summed E-state index contributed by atoms with van der Waals surface area (Å²) < 4.78 is 12.6. The molecule has 0 aliphatic heterocycles. The summed E-state index contributed by atoms with van der Waals surface area (Å²) in [5.74, 6) is -4.24. The van der Waals surface area contributed by atoms with Crippen LogP contribution in [0.25, 0.3) is 0 Å². The van der Waals surface area contributed by atoms with Crippen LogP contribution < -0.4 is 0 Å². The van der Waals surface area contributed by atoms with Gasteiger partial charge in [-0.2, -0.15) is 0 Å². The van der Waals surface area contributed by atoms with Gasteiger partial charge in [0.25, 0.3) is 0 Å². The van der Waals surface area contributed by atoms with Crippen molar-refractivity contribution in [2.75, 3.05) is 0 Å². The van der Waals surface area contributed by atoms with Crippen molar-refractivity contribution < 1.29 is 44.0 Å². The number of carbonyl (C=O) groups is 4. The first-order valence-electron chi connectivity index (χ1n) is 17.7. The first kappa shape index (κ1) is 49.9. The zero-order valence-corrected chi connectivity index (χ0v) is 31.1. The number of aromatic nitrogens is 1. The van der Waals surface area contributed by atoms with E-state index in [1.807, 2.05) is 0 Å². The Morgan fingerprint density at radius 2 is 0.792 bits per heavy atom. The molecule has 0 aromatic carbocycles. The Labute approximate surface area is 298 Å². The first-order valence-corrected chi connectivity index (χ1v) is 18.5. The highest BCUT2D eigenvalue weighted by Gasteiger charge is 2.13. The summed E-state index contributed by atoms with van der Waals surface area (Å²) in [6.07, 6.45) is 25.9. The van der Waals surface area contributed by atoms with Crippen LogP contribution in [-0.2, 0) is 14.4 Å². The topological polar surface area (TPSA) is 162 Å². The molecule has 0 fully saturated rings. The molecular formula is C36H62Cl2FNO8. The van der Waals surface area contributed by atoms with Gasteiger partial charge in [0, 0.05) is 19.3 Å². The summed E-state index contributed by atoms with van der Waals surface area (Å²) >= 11 is 10.6. The van der Waals surface area contributed by atoms with Gasteiger partial charge in [0.05, 0.1) is 5.56 Å². The molecule has 1 aromatic heterocycles. The van der Waals surface area contributed by atoms with Crippen LogP contribution in [0.4, 0.5) is 4.39 Å². The number of aliphatic carboxylic acids is 3. The highest BCUT2D eigenvalue weighted by Crippen LogP contribution is 2.20. The van der Waals surface area contributed by atoms with Crippen molar-refractivity contribution in [2.45, 2.75) is 175 Å². The predicted octanol–water partition coefficient (Wildman–Crippen LogP) is 11.9. The summed E-state index contributed by atoms with van der Waals surface area (Å²) in [4.78, 5) is 44.0. The highest BCUT2D eigenvalue weighted by molar-refractivity contribution is 6.34. The van der Waals surface area contributed by atoms with E-state index >= 15 is 0 Å².